The van der Waals surface area contributed by atoms with Crippen LogP contribution in [-0.4, -0.2) is 5.11 Å². The van der Waals surface area contributed by atoms with Crippen LogP contribution >= 0.6 is 0 Å². The van der Waals surface area contributed by atoms with Gasteiger partial charge in [0.25, 0.3) is 0 Å². The Kier molecular flexibility index (Phi) is 0.566. The Labute approximate surface area is 95.3 Å². The van der Waals surface area contributed by atoms with Gasteiger partial charge >= 0.3 is 0 Å². The third-order valence-electron chi connectivity index (χ3n) is 2.10. The summed E-state index contributed by atoms with van der Waals surface area (Å²) in [5.74, 6) is 0. The summed E-state index contributed by atoms with van der Waals surface area (Å²) in [5, 5.41) is 10.5. The van der Waals surface area contributed by atoms with Crippen molar-refractivity contribution in [1.82, 2.24) is 0 Å². The highest BCUT2D eigenvalue weighted by Gasteiger charge is 2.25. The molecule has 0 atom stereocenters. The van der Waals surface area contributed by atoms with Crippen molar-refractivity contribution in [2.75, 3.05) is 0 Å². The van der Waals surface area contributed by atoms with Crippen LogP contribution < -0.4 is 0 Å². The lowest BCUT2D eigenvalue weighted by Crippen LogP contribution is -1.92. The van der Waals surface area contributed by atoms with Crippen LogP contribution in [0.4, 0.5) is 0 Å². The van der Waals surface area contributed by atoms with E-state index in [1.54, 1.807) is 0 Å². The van der Waals surface area contributed by atoms with Gasteiger partial charge in [0.05, 0.1) is 12.3 Å². The molecule has 1 heteroatoms. The second-order valence-electron chi connectivity index (χ2n) is 2.85. The first-order valence-electron chi connectivity index (χ1n) is 8.47. The number of fused-ring (bicyclic) bond motifs is 3. The monoisotopic (exact) mass is 191 g/mol. The van der Waals surface area contributed by atoms with E-state index in [1.807, 2.05) is 0 Å². The zero-order chi connectivity index (χ0) is 17.4. The molecule has 0 heterocycles. The van der Waals surface area contributed by atoms with Crippen LogP contribution in [0.5, 0.6) is 0 Å². The molecule has 0 spiro atoms. The number of aliphatic hydroxyl groups is 1. The van der Waals surface area contributed by atoms with E-state index in [0.29, 0.717) is 0 Å². The van der Waals surface area contributed by atoms with Crippen LogP contribution in [0.3, 0.4) is 0 Å². The molecule has 1 aliphatic carbocycles. The number of hydrogen-bond acceptors (Lipinski definition) is 1. The van der Waals surface area contributed by atoms with E-state index in [0.717, 1.165) is 0 Å². The molecule has 2 aromatic carbocycles. The molecule has 0 fully saturated rings. The Bertz CT molecular complexity index is 817. The van der Waals surface area contributed by atoms with E-state index < -0.39 is 65.5 Å². The summed E-state index contributed by atoms with van der Waals surface area (Å²) in [6, 6.07) is -4.82. The Morgan fingerprint density at radius 2 is 1.36 bits per heavy atom. The lowest BCUT2D eigenvalue weighted by atomic mass is 10.1. The normalized spacial score (nSPS) is 25.1. The molecule has 0 saturated heterocycles. The van der Waals surface area contributed by atoms with Gasteiger partial charge in [-0.15, -0.1) is 0 Å². The van der Waals surface area contributed by atoms with Crippen LogP contribution in [0, 0.1) is 0 Å². The van der Waals surface area contributed by atoms with E-state index >= 15 is 0 Å². The van der Waals surface area contributed by atoms with Gasteiger partial charge in [0.2, 0.25) is 0 Å². The number of hydrogen-bond donors (Lipinski definition) is 1. The summed E-state index contributed by atoms with van der Waals surface area (Å²) >= 11 is 0. The minimum atomic E-state index is -2.68. The van der Waals surface area contributed by atoms with E-state index in [9.17, 15) is 5.11 Å². The largest absolute Gasteiger partial charge is 0.384 e. The van der Waals surface area contributed by atoms with Gasteiger partial charge in [0.1, 0.15) is 6.08 Å². The van der Waals surface area contributed by atoms with Crippen molar-refractivity contribution < 1.29 is 17.4 Å². The molecule has 0 amide bonds. The van der Waals surface area contributed by atoms with E-state index in [2.05, 4.69) is 0 Å². The quantitative estimate of drug-likeness (QED) is 0.679. The van der Waals surface area contributed by atoms with E-state index in [-0.39, 0.29) is 11.1 Å². The van der Waals surface area contributed by atoms with Gasteiger partial charge in [-0.25, -0.2) is 0 Å². The van der Waals surface area contributed by atoms with Crippen molar-refractivity contribution in [1.29, 1.82) is 0 Å². The molecule has 3 rings (SSSR count). The standard InChI is InChI=1S/C13H10O/c14-13-11-7-3-1-5-9(11)10-6-2-4-8-12(10)13/h1-8,13-14H/i1D,2D,3D,4D,5D,6D,7D,8D,13D. The SMILES string of the molecule is [2H]c1c([2H])c([2H])c2c(c1[2H])-c1c([2H])c([2H])c([2H])c([2H])c1C2([2H])O. The van der Waals surface area contributed by atoms with Gasteiger partial charge < -0.3 is 5.11 Å². The summed E-state index contributed by atoms with van der Waals surface area (Å²) in [6.07, 6.45) is -2.68. The number of rotatable bonds is 0. The van der Waals surface area contributed by atoms with Crippen molar-refractivity contribution >= 4 is 0 Å². The second-order valence-corrected chi connectivity index (χ2v) is 2.85. The zero-order valence-electron chi connectivity index (χ0n) is 15.9. The summed E-state index contributed by atoms with van der Waals surface area (Å²) in [4.78, 5) is 0. The fourth-order valence-electron chi connectivity index (χ4n) is 1.48. The summed E-state index contributed by atoms with van der Waals surface area (Å²) in [7, 11) is 0. The smallest absolute Gasteiger partial charge is 0.105 e. The molecule has 1 nitrogen and oxygen atoms in total. The maximum Gasteiger partial charge on any atom is 0.105 e. The molecule has 2 aromatic rings. The lowest BCUT2D eigenvalue weighted by molar-refractivity contribution is 0.225. The summed E-state index contributed by atoms with van der Waals surface area (Å²) < 4.78 is 70.7. The van der Waals surface area contributed by atoms with Crippen LogP contribution in [0.1, 0.15) is 29.5 Å². The Morgan fingerprint density at radius 1 is 0.929 bits per heavy atom. The molecule has 68 valence electrons. The van der Waals surface area contributed by atoms with Crippen molar-refractivity contribution in [2.45, 2.75) is 6.08 Å². The third kappa shape index (κ3) is 0.875. The first-order chi connectivity index (χ1) is 10.5. The molecular weight excluding hydrogens is 172 g/mol. The van der Waals surface area contributed by atoms with Gasteiger partial charge in [0, 0.05) is 0 Å². The fraction of sp³-hybridized carbons (Fsp3) is 0.0769. The maximum atomic E-state index is 10.5. The average Bonchev–Trinajstić information content (AvgIpc) is 2.74. The highest BCUT2D eigenvalue weighted by atomic mass is 16.3. The van der Waals surface area contributed by atoms with Crippen molar-refractivity contribution in [3.05, 3.63) is 59.5 Å². The van der Waals surface area contributed by atoms with Crippen LogP contribution in [-0.2, 0) is 0 Å². The molecule has 0 aromatic heterocycles. The van der Waals surface area contributed by atoms with E-state index in [4.69, 9.17) is 12.3 Å². The predicted octanol–water partition coefficient (Wildman–Crippen LogP) is 2.75. The van der Waals surface area contributed by atoms with Crippen LogP contribution in [0.15, 0.2) is 48.3 Å². The summed E-state index contributed by atoms with van der Waals surface area (Å²) in [6.45, 7) is 0. The highest BCUT2D eigenvalue weighted by Crippen LogP contribution is 2.42. The highest BCUT2D eigenvalue weighted by molar-refractivity contribution is 5.77. The average molecular weight is 191 g/mol. The molecule has 0 saturated carbocycles. The molecule has 1 N–H and O–H groups in total. The van der Waals surface area contributed by atoms with Crippen molar-refractivity contribution in [3.63, 3.8) is 0 Å². The van der Waals surface area contributed by atoms with Crippen molar-refractivity contribution in [3.8, 4) is 11.1 Å². The van der Waals surface area contributed by atoms with Crippen LogP contribution in [0.2, 0.25) is 0 Å². The Morgan fingerprint density at radius 3 is 1.86 bits per heavy atom. The van der Waals surface area contributed by atoms with Gasteiger partial charge in [-0.1, -0.05) is 48.3 Å². The maximum absolute atomic E-state index is 10.5. The van der Waals surface area contributed by atoms with Crippen LogP contribution in [0.25, 0.3) is 11.1 Å². The van der Waals surface area contributed by atoms with Gasteiger partial charge in [-0.2, -0.15) is 0 Å². The topological polar surface area (TPSA) is 20.2 Å². The molecule has 0 aliphatic heterocycles. The first-order valence-corrected chi connectivity index (χ1v) is 3.97. The zero-order valence-corrected chi connectivity index (χ0v) is 6.95. The van der Waals surface area contributed by atoms with Gasteiger partial charge in [-0.05, 0) is 22.3 Å². The minimum Gasteiger partial charge on any atom is -0.384 e. The predicted molar refractivity (Wildman–Crippen MR) is 55.9 cm³/mol. The third-order valence-corrected chi connectivity index (χ3v) is 2.10. The lowest BCUT2D eigenvalue weighted by Gasteiger charge is -2.03. The molecule has 14 heavy (non-hydrogen) atoms. The molecule has 0 unspecified atom stereocenters. The van der Waals surface area contributed by atoms with Crippen molar-refractivity contribution in [2.24, 2.45) is 0 Å². The Balaban J connectivity index is 2.63. The van der Waals surface area contributed by atoms with Gasteiger partial charge in [-0.3, -0.25) is 0 Å². The second kappa shape index (κ2) is 2.69. The minimum absolute atomic E-state index is 0.254. The fourth-order valence-corrected chi connectivity index (χ4v) is 1.48. The number of benzene rings is 2. The molecule has 0 radical (unpaired) electrons. The summed E-state index contributed by atoms with van der Waals surface area (Å²) in [5.41, 5.74) is -1.41. The Hall–Kier alpha value is -1.60. The first kappa shape index (κ1) is 2.94. The van der Waals surface area contributed by atoms with E-state index in [1.165, 1.54) is 0 Å². The van der Waals surface area contributed by atoms with Gasteiger partial charge in [0.15, 0.2) is 0 Å². The molecule has 1 aliphatic rings. The molecular formula is C13H10O. The molecule has 0 bridgehead atoms.